The highest BCUT2D eigenvalue weighted by atomic mass is 16.7. The van der Waals surface area contributed by atoms with Gasteiger partial charge in [-0.2, -0.15) is 0 Å². The molecule has 0 spiro atoms. The molecule has 3 rings (SSSR count). The summed E-state index contributed by atoms with van der Waals surface area (Å²) in [5.41, 5.74) is 0.282. The van der Waals surface area contributed by atoms with Gasteiger partial charge >= 0.3 is 0 Å². The summed E-state index contributed by atoms with van der Waals surface area (Å²) < 4.78 is 17.0. The molecule has 0 amide bonds. The highest BCUT2D eigenvalue weighted by molar-refractivity contribution is 6.11. The van der Waals surface area contributed by atoms with Gasteiger partial charge in [0.05, 0.1) is 19.8 Å². The molecule has 2 fully saturated rings. The number of aliphatic hydroxyl groups excluding tert-OH is 1. The third kappa shape index (κ3) is 1.87. The predicted molar refractivity (Wildman–Crippen MR) is 65.2 cm³/mol. The van der Waals surface area contributed by atoms with Crippen LogP contribution < -0.4 is 0 Å². The zero-order chi connectivity index (χ0) is 12.6. The Kier molecular flexibility index (Phi) is 3.15. The van der Waals surface area contributed by atoms with E-state index in [-0.39, 0.29) is 18.8 Å². The molecule has 4 atom stereocenters. The molecule has 0 aromatic heterocycles. The standard InChI is InChI=1S/C13H15BO4/c14-12-10-11(13(7-15,18-12)8-17-10)16-6-9-4-2-1-3-5-9/h1-5,10-12,15H,6-8H2/t10?,11?,12-,13+/m1/s1. The van der Waals surface area contributed by atoms with Gasteiger partial charge in [0.1, 0.15) is 25.7 Å². The average molecular weight is 246 g/mol. The van der Waals surface area contributed by atoms with Crippen LogP contribution in [0.1, 0.15) is 5.56 Å². The van der Waals surface area contributed by atoms with E-state index in [9.17, 15) is 5.11 Å². The smallest absolute Gasteiger partial charge is 0.142 e. The minimum absolute atomic E-state index is 0.142. The van der Waals surface area contributed by atoms with Crippen LogP contribution in [0.3, 0.4) is 0 Å². The van der Waals surface area contributed by atoms with Crippen molar-refractivity contribution in [2.45, 2.75) is 30.4 Å². The summed E-state index contributed by atoms with van der Waals surface area (Å²) in [6.07, 6.45) is -0.599. The van der Waals surface area contributed by atoms with Gasteiger partial charge < -0.3 is 19.3 Å². The molecular formula is C13H15BO4. The van der Waals surface area contributed by atoms with Gasteiger partial charge in [0.25, 0.3) is 0 Å². The lowest BCUT2D eigenvalue weighted by Crippen LogP contribution is -2.45. The Balaban J connectivity index is 1.69. The molecule has 1 aromatic carbocycles. The van der Waals surface area contributed by atoms with E-state index in [1.807, 2.05) is 30.3 Å². The molecule has 1 aromatic rings. The number of hydrogen-bond donors (Lipinski definition) is 1. The first-order valence-corrected chi connectivity index (χ1v) is 6.06. The minimum atomic E-state index is -0.793. The molecule has 1 N–H and O–H groups in total. The molecular weight excluding hydrogens is 231 g/mol. The predicted octanol–water partition coefficient (Wildman–Crippen LogP) is 0.226. The van der Waals surface area contributed by atoms with Crippen LogP contribution in [0, 0.1) is 0 Å². The molecule has 2 aliphatic heterocycles. The summed E-state index contributed by atoms with van der Waals surface area (Å²) in [6.45, 7) is 0.654. The molecule has 0 saturated carbocycles. The molecule has 4 nitrogen and oxygen atoms in total. The van der Waals surface area contributed by atoms with E-state index in [1.54, 1.807) is 0 Å². The summed E-state index contributed by atoms with van der Waals surface area (Å²) >= 11 is 0. The van der Waals surface area contributed by atoms with E-state index in [1.165, 1.54) is 0 Å². The summed E-state index contributed by atoms with van der Waals surface area (Å²) in [6, 6.07) is 9.34. The first-order chi connectivity index (χ1) is 8.75. The largest absolute Gasteiger partial charge is 0.393 e. The summed E-state index contributed by atoms with van der Waals surface area (Å²) in [5.74, 6) is 0. The van der Waals surface area contributed by atoms with Crippen molar-refractivity contribution in [2.24, 2.45) is 0 Å². The number of rotatable bonds is 4. The normalized spacial score (nSPS) is 38.2. The van der Waals surface area contributed by atoms with Gasteiger partial charge in [0, 0.05) is 6.00 Å². The van der Waals surface area contributed by atoms with Gasteiger partial charge in [0.15, 0.2) is 0 Å². The van der Waals surface area contributed by atoms with Crippen molar-refractivity contribution in [3.05, 3.63) is 35.9 Å². The van der Waals surface area contributed by atoms with Gasteiger partial charge in [-0.1, -0.05) is 30.3 Å². The van der Waals surface area contributed by atoms with Gasteiger partial charge in [-0.15, -0.1) is 0 Å². The van der Waals surface area contributed by atoms with Crippen molar-refractivity contribution in [3.63, 3.8) is 0 Å². The van der Waals surface area contributed by atoms with Crippen molar-refractivity contribution in [1.29, 1.82) is 0 Å². The van der Waals surface area contributed by atoms with Gasteiger partial charge in [-0.25, -0.2) is 0 Å². The summed E-state index contributed by atoms with van der Waals surface area (Å²) in [4.78, 5) is 0. The second kappa shape index (κ2) is 4.66. The zero-order valence-corrected chi connectivity index (χ0v) is 9.99. The van der Waals surface area contributed by atoms with Crippen LogP contribution in [0.25, 0.3) is 0 Å². The van der Waals surface area contributed by atoms with Crippen molar-refractivity contribution in [1.82, 2.24) is 0 Å². The average Bonchev–Trinajstić information content (AvgIpc) is 2.89. The summed E-state index contributed by atoms with van der Waals surface area (Å²) in [5, 5.41) is 9.49. The lowest BCUT2D eigenvalue weighted by atomic mass is 9.92. The number of aliphatic hydroxyl groups is 1. The molecule has 2 radical (unpaired) electrons. The lowest BCUT2D eigenvalue weighted by molar-refractivity contribution is -0.141. The number of ether oxygens (including phenoxy) is 3. The fraction of sp³-hybridized carbons (Fsp3) is 0.538. The molecule has 0 aliphatic carbocycles. The molecule has 2 heterocycles. The van der Waals surface area contributed by atoms with Crippen molar-refractivity contribution < 1.29 is 19.3 Å². The lowest BCUT2D eigenvalue weighted by Gasteiger charge is -2.28. The monoisotopic (exact) mass is 246 g/mol. The minimum Gasteiger partial charge on any atom is -0.393 e. The van der Waals surface area contributed by atoms with E-state index >= 15 is 0 Å². The van der Waals surface area contributed by atoms with E-state index in [4.69, 9.17) is 22.1 Å². The molecule has 94 valence electrons. The zero-order valence-electron chi connectivity index (χ0n) is 9.99. The first-order valence-electron chi connectivity index (χ1n) is 6.06. The quantitative estimate of drug-likeness (QED) is 0.772. The SMILES string of the molecule is [B][C@@H]1O[C@@]2(CO)COC1C2OCc1ccccc1. The van der Waals surface area contributed by atoms with E-state index in [0.717, 1.165) is 5.56 Å². The fourth-order valence-electron chi connectivity index (χ4n) is 2.59. The van der Waals surface area contributed by atoms with Gasteiger partial charge in [-0.3, -0.25) is 0 Å². The molecule has 2 aliphatic rings. The maximum Gasteiger partial charge on any atom is 0.142 e. The van der Waals surface area contributed by atoms with Crippen LogP contribution in [0.2, 0.25) is 0 Å². The summed E-state index contributed by atoms with van der Waals surface area (Å²) in [7, 11) is 5.80. The highest BCUT2D eigenvalue weighted by Gasteiger charge is 2.60. The van der Waals surface area contributed by atoms with Crippen molar-refractivity contribution in [3.8, 4) is 0 Å². The van der Waals surface area contributed by atoms with Crippen LogP contribution in [-0.2, 0) is 20.8 Å². The van der Waals surface area contributed by atoms with E-state index in [2.05, 4.69) is 0 Å². The second-order valence-corrected chi connectivity index (χ2v) is 4.80. The third-order valence-electron chi connectivity index (χ3n) is 3.57. The van der Waals surface area contributed by atoms with E-state index < -0.39 is 11.6 Å². The topological polar surface area (TPSA) is 47.9 Å². The molecule has 5 heteroatoms. The second-order valence-electron chi connectivity index (χ2n) is 4.80. The highest BCUT2D eigenvalue weighted by Crippen LogP contribution is 2.40. The Bertz CT molecular complexity index is 413. The first kappa shape index (κ1) is 12.2. The van der Waals surface area contributed by atoms with Crippen LogP contribution in [0.4, 0.5) is 0 Å². The maximum atomic E-state index is 9.49. The number of hydrogen-bond acceptors (Lipinski definition) is 4. The van der Waals surface area contributed by atoms with Crippen molar-refractivity contribution >= 4 is 7.85 Å². The Morgan fingerprint density at radius 1 is 1.39 bits per heavy atom. The van der Waals surface area contributed by atoms with Crippen LogP contribution in [0.15, 0.2) is 30.3 Å². The van der Waals surface area contributed by atoms with Crippen molar-refractivity contribution in [2.75, 3.05) is 13.2 Å². The fourth-order valence-corrected chi connectivity index (χ4v) is 2.59. The van der Waals surface area contributed by atoms with Gasteiger partial charge in [0.2, 0.25) is 0 Å². The Labute approximate surface area is 107 Å². The van der Waals surface area contributed by atoms with Gasteiger partial charge in [-0.05, 0) is 5.56 Å². The van der Waals surface area contributed by atoms with Crippen LogP contribution >= 0.6 is 0 Å². The van der Waals surface area contributed by atoms with E-state index in [0.29, 0.717) is 13.2 Å². The molecule has 2 unspecified atom stereocenters. The third-order valence-corrected chi connectivity index (χ3v) is 3.57. The molecule has 18 heavy (non-hydrogen) atoms. The van der Waals surface area contributed by atoms with Crippen LogP contribution in [-0.4, -0.2) is 50.0 Å². The number of fused-ring (bicyclic) bond motifs is 2. The molecule has 2 saturated heterocycles. The Hall–Kier alpha value is -0.875. The Morgan fingerprint density at radius 2 is 2.17 bits per heavy atom. The maximum absolute atomic E-state index is 9.49. The molecule has 2 bridgehead atoms. The Morgan fingerprint density at radius 3 is 2.83 bits per heavy atom. The number of benzene rings is 1. The van der Waals surface area contributed by atoms with Crippen LogP contribution in [0.5, 0.6) is 0 Å².